The third kappa shape index (κ3) is 5.39. The van der Waals surface area contributed by atoms with Crippen molar-refractivity contribution in [3.05, 3.63) is 18.2 Å². The standard InChI is InChI=1S/C15H27N3O/c1-5-18(6-2)10-9-17-13-7-8-14(16)15(11-13)19-12(3)4/h7-8,11-12,17H,5-6,9-10,16H2,1-4H3. The smallest absolute Gasteiger partial charge is 0.144 e. The summed E-state index contributed by atoms with van der Waals surface area (Å²) >= 11 is 0. The van der Waals surface area contributed by atoms with E-state index < -0.39 is 0 Å². The molecule has 4 nitrogen and oxygen atoms in total. The minimum Gasteiger partial charge on any atom is -0.489 e. The summed E-state index contributed by atoms with van der Waals surface area (Å²) in [7, 11) is 0. The van der Waals surface area contributed by atoms with Gasteiger partial charge in [0.05, 0.1) is 11.8 Å². The highest BCUT2D eigenvalue weighted by molar-refractivity contribution is 5.61. The molecule has 0 spiro atoms. The fourth-order valence-electron chi connectivity index (χ4n) is 1.90. The second kappa shape index (κ2) is 7.89. The van der Waals surface area contributed by atoms with Crippen LogP contribution < -0.4 is 15.8 Å². The summed E-state index contributed by atoms with van der Waals surface area (Å²) in [5.74, 6) is 0.753. The zero-order valence-corrected chi connectivity index (χ0v) is 12.6. The summed E-state index contributed by atoms with van der Waals surface area (Å²) in [5.41, 5.74) is 7.63. The minimum atomic E-state index is 0.133. The lowest BCUT2D eigenvalue weighted by Crippen LogP contribution is -2.28. The molecule has 0 radical (unpaired) electrons. The molecule has 0 atom stereocenters. The van der Waals surface area contributed by atoms with E-state index in [2.05, 4.69) is 24.1 Å². The molecule has 0 amide bonds. The van der Waals surface area contributed by atoms with Crippen LogP contribution in [0.2, 0.25) is 0 Å². The van der Waals surface area contributed by atoms with Crippen LogP contribution in [0.4, 0.5) is 11.4 Å². The van der Waals surface area contributed by atoms with E-state index in [1.807, 2.05) is 32.0 Å². The van der Waals surface area contributed by atoms with Crippen molar-refractivity contribution in [1.82, 2.24) is 4.90 Å². The van der Waals surface area contributed by atoms with Crippen LogP contribution in [0.25, 0.3) is 0 Å². The van der Waals surface area contributed by atoms with Crippen LogP contribution >= 0.6 is 0 Å². The number of anilines is 2. The van der Waals surface area contributed by atoms with Gasteiger partial charge in [0.25, 0.3) is 0 Å². The normalized spacial score (nSPS) is 11.1. The molecule has 0 unspecified atom stereocenters. The number of ether oxygens (including phenoxy) is 1. The van der Waals surface area contributed by atoms with Gasteiger partial charge in [0, 0.05) is 24.8 Å². The Morgan fingerprint density at radius 1 is 1.26 bits per heavy atom. The van der Waals surface area contributed by atoms with Crippen LogP contribution in [0.15, 0.2) is 18.2 Å². The Morgan fingerprint density at radius 2 is 1.95 bits per heavy atom. The number of benzene rings is 1. The molecule has 1 aromatic carbocycles. The van der Waals surface area contributed by atoms with Gasteiger partial charge in [-0.25, -0.2) is 0 Å². The third-order valence-electron chi connectivity index (χ3n) is 3.03. The number of hydrogen-bond acceptors (Lipinski definition) is 4. The lowest BCUT2D eigenvalue weighted by atomic mass is 10.2. The van der Waals surface area contributed by atoms with E-state index in [9.17, 15) is 0 Å². The van der Waals surface area contributed by atoms with Crippen LogP contribution in [0.5, 0.6) is 5.75 Å². The maximum Gasteiger partial charge on any atom is 0.144 e. The highest BCUT2D eigenvalue weighted by Crippen LogP contribution is 2.26. The van der Waals surface area contributed by atoms with Crippen LogP contribution in [0.3, 0.4) is 0 Å². The van der Waals surface area contributed by atoms with Gasteiger partial charge in [-0.2, -0.15) is 0 Å². The van der Waals surface area contributed by atoms with Gasteiger partial charge >= 0.3 is 0 Å². The molecule has 4 heteroatoms. The van der Waals surface area contributed by atoms with E-state index in [4.69, 9.17) is 10.5 Å². The van der Waals surface area contributed by atoms with Gasteiger partial charge in [-0.1, -0.05) is 13.8 Å². The molecule has 0 aliphatic heterocycles. The number of rotatable bonds is 8. The highest BCUT2D eigenvalue weighted by Gasteiger charge is 2.05. The van der Waals surface area contributed by atoms with Gasteiger partial charge in [-0.15, -0.1) is 0 Å². The van der Waals surface area contributed by atoms with Crippen molar-refractivity contribution in [3.63, 3.8) is 0 Å². The van der Waals surface area contributed by atoms with Crippen LogP contribution in [-0.4, -0.2) is 37.2 Å². The second-order valence-electron chi connectivity index (χ2n) is 4.87. The van der Waals surface area contributed by atoms with Crippen molar-refractivity contribution >= 4 is 11.4 Å². The van der Waals surface area contributed by atoms with E-state index in [1.54, 1.807) is 0 Å². The first-order chi connectivity index (χ1) is 9.06. The van der Waals surface area contributed by atoms with E-state index in [0.717, 1.165) is 37.6 Å². The Hall–Kier alpha value is -1.42. The molecule has 0 aliphatic carbocycles. The molecule has 0 aliphatic rings. The molecule has 0 bridgehead atoms. The number of nitrogen functional groups attached to an aromatic ring is 1. The first-order valence-electron chi connectivity index (χ1n) is 7.09. The fourth-order valence-corrected chi connectivity index (χ4v) is 1.90. The molecule has 0 saturated carbocycles. The molecule has 3 N–H and O–H groups in total. The van der Waals surface area contributed by atoms with Gasteiger partial charge in [0.15, 0.2) is 0 Å². The van der Waals surface area contributed by atoms with E-state index >= 15 is 0 Å². The summed E-state index contributed by atoms with van der Waals surface area (Å²) in [5, 5.41) is 3.41. The van der Waals surface area contributed by atoms with Crippen molar-refractivity contribution in [2.75, 3.05) is 37.2 Å². The summed E-state index contributed by atoms with van der Waals surface area (Å²) in [6, 6.07) is 5.85. The molecular weight excluding hydrogens is 238 g/mol. The van der Waals surface area contributed by atoms with Crippen molar-refractivity contribution in [2.24, 2.45) is 0 Å². The number of likely N-dealkylation sites (N-methyl/N-ethyl adjacent to an activating group) is 1. The number of nitrogens with zero attached hydrogens (tertiary/aromatic N) is 1. The van der Waals surface area contributed by atoms with E-state index in [0.29, 0.717) is 5.69 Å². The highest BCUT2D eigenvalue weighted by atomic mass is 16.5. The molecule has 108 valence electrons. The molecule has 0 heterocycles. The van der Waals surface area contributed by atoms with Gasteiger partial charge in [-0.3, -0.25) is 0 Å². The predicted molar refractivity (Wildman–Crippen MR) is 82.9 cm³/mol. The molecule has 0 fully saturated rings. The molecule has 19 heavy (non-hydrogen) atoms. The summed E-state index contributed by atoms with van der Waals surface area (Å²) in [6.07, 6.45) is 0.133. The SMILES string of the molecule is CCN(CC)CCNc1ccc(N)c(OC(C)C)c1. The van der Waals surface area contributed by atoms with Crippen molar-refractivity contribution in [3.8, 4) is 5.75 Å². The average molecular weight is 265 g/mol. The molecule has 0 saturated heterocycles. The van der Waals surface area contributed by atoms with Crippen LogP contribution in [-0.2, 0) is 0 Å². The quantitative estimate of drug-likeness (QED) is 0.710. The summed E-state index contributed by atoms with van der Waals surface area (Å²) in [6.45, 7) is 12.5. The zero-order valence-electron chi connectivity index (χ0n) is 12.6. The summed E-state index contributed by atoms with van der Waals surface area (Å²) in [4.78, 5) is 2.38. The van der Waals surface area contributed by atoms with Crippen molar-refractivity contribution in [2.45, 2.75) is 33.8 Å². The topological polar surface area (TPSA) is 50.5 Å². The van der Waals surface area contributed by atoms with E-state index in [-0.39, 0.29) is 6.10 Å². The van der Waals surface area contributed by atoms with Crippen molar-refractivity contribution in [1.29, 1.82) is 0 Å². The van der Waals surface area contributed by atoms with Crippen LogP contribution in [0.1, 0.15) is 27.7 Å². The maximum absolute atomic E-state index is 5.90. The van der Waals surface area contributed by atoms with Gasteiger partial charge in [0.2, 0.25) is 0 Å². The van der Waals surface area contributed by atoms with Crippen LogP contribution in [0, 0.1) is 0 Å². The molecule has 0 aromatic heterocycles. The largest absolute Gasteiger partial charge is 0.489 e. The number of nitrogens with two attached hydrogens (primary N) is 1. The second-order valence-corrected chi connectivity index (χ2v) is 4.87. The Labute approximate surface area is 116 Å². The lowest BCUT2D eigenvalue weighted by molar-refractivity contribution is 0.244. The predicted octanol–water partition coefficient (Wildman–Crippen LogP) is 2.81. The number of nitrogens with one attached hydrogen (secondary N) is 1. The number of hydrogen-bond donors (Lipinski definition) is 2. The summed E-state index contributed by atoms with van der Waals surface area (Å²) < 4.78 is 5.68. The first kappa shape index (κ1) is 15.6. The third-order valence-corrected chi connectivity index (χ3v) is 3.03. The Kier molecular flexibility index (Phi) is 6.50. The van der Waals surface area contributed by atoms with Gasteiger partial charge in [-0.05, 0) is 39.1 Å². The fraction of sp³-hybridized carbons (Fsp3) is 0.600. The molecular formula is C15H27N3O. The molecule has 1 aromatic rings. The Bertz CT molecular complexity index is 376. The van der Waals surface area contributed by atoms with Gasteiger partial charge in [0.1, 0.15) is 5.75 Å². The molecule has 1 rings (SSSR count). The van der Waals surface area contributed by atoms with Crippen molar-refractivity contribution < 1.29 is 4.74 Å². The Morgan fingerprint density at radius 3 is 2.53 bits per heavy atom. The monoisotopic (exact) mass is 265 g/mol. The van der Waals surface area contributed by atoms with Gasteiger partial charge < -0.3 is 20.7 Å². The Balaban J connectivity index is 2.54. The average Bonchev–Trinajstić information content (AvgIpc) is 2.38. The lowest BCUT2D eigenvalue weighted by Gasteiger charge is -2.19. The first-order valence-corrected chi connectivity index (χ1v) is 7.09. The zero-order chi connectivity index (χ0) is 14.3. The minimum absolute atomic E-state index is 0.133. The van der Waals surface area contributed by atoms with E-state index in [1.165, 1.54) is 0 Å². The maximum atomic E-state index is 5.90.